The highest BCUT2D eigenvalue weighted by Crippen LogP contribution is 2.38. The maximum atomic E-state index is 14.2. The van der Waals surface area contributed by atoms with Crippen LogP contribution < -0.4 is 9.47 Å². The number of hydrogen-bond donors (Lipinski definition) is 1. The molecule has 0 amide bonds. The summed E-state index contributed by atoms with van der Waals surface area (Å²) >= 11 is 0. The molecule has 1 aliphatic rings. The van der Waals surface area contributed by atoms with Gasteiger partial charge in [-0.15, -0.1) is 0 Å². The lowest BCUT2D eigenvalue weighted by molar-refractivity contribution is 0.0875. The van der Waals surface area contributed by atoms with Gasteiger partial charge in [0, 0.05) is 11.6 Å². The van der Waals surface area contributed by atoms with Crippen LogP contribution in [0.15, 0.2) is 12.1 Å². The predicted octanol–water partition coefficient (Wildman–Crippen LogP) is 4.24. The van der Waals surface area contributed by atoms with Crippen molar-refractivity contribution in [2.24, 2.45) is 5.92 Å². The molecule has 1 aromatic rings. The topological polar surface area (TPSA) is 38.7 Å². The minimum atomic E-state index is -0.775. The highest BCUT2D eigenvalue weighted by molar-refractivity contribution is 5.44. The van der Waals surface area contributed by atoms with E-state index in [2.05, 4.69) is 0 Å². The monoisotopic (exact) mass is 296 g/mol. The van der Waals surface area contributed by atoms with E-state index in [-0.39, 0.29) is 5.92 Å². The number of aliphatic hydroxyl groups excluding tert-OH is 1. The van der Waals surface area contributed by atoms with Gasteiger partial charge in [0.25, 0.3) is 0 Å². The van der Waals surface area contributed by atoms with Crippen molar-refractivity contribution in [1.82, 2.24) is 0 Å². The first-order valence-electron chi connectivity index (χ1n) is 7.77. The molecular weight excluding hydrogens is 271 g/mol. The highest BCUT2D eigenvalue weighted by Gasteiger charge is 2.25. The van der Waals surface area contributed by atoms with Gasteiger partial charge in [0.1, 0.15) is 5.82 Å². The Labute approximate surface area is 126 Å². The molecule has 4 heteroatoms. The van der Waals surface area contributed by atoms with Crippen molar-refractivity contribution in [3.63, 3.8) is 0 Å². The van der Waals surface area contributed by atoms with E-state index in [1.807, 2.05) is 0 Å². The van der Waals surface area contributed by atoms with E-state index >= 15 is 0 Å². The molecule has 118 valence electrons. The third kappa shape index (κ3) is 3.88. The number of rotatable bonds is 4. The third-order valence-corrected chi connectivity index (χ3v) is 4.42. The summed E-state index contributed by atoms with van der Waals surface area (Å²) in [5, 5.41) is 10.6. The summed E-state index contributed by atoms with van der Waals surface area (Å²) in [6, 6.07) is 2.86. The van der Waals surface area contributed by atoms with Crippen LogP contribution in [0.1, 0.15) is 56.6 Å². The lowest BCUT2D eigenvalue weighted by Gasteiger charge is -2.26. The minimum Gasteiger partial charge on any atom is -0.493 e. The average molecular weight is 296 g/mol. The van der Waals surface area contributed by atoms with Crippen LogP contribution in [-0.2, 0) is 0 Å². The van der Waals surface area contributed by atoms with E-state index in [1.165, 1.54) is 39.5 Å². The zero-order valence-corrected chi connectivity index (χ0v) is 12.9. The molecule has 0 aromatic heterocycles. The second-order valence-electron chi connectivity index (χ2n) is 5.78. The highest BCUT2D eigenvalue weighted by atomic mass is 19.1. The number of methoxy groups -OCH3 is 2. The van der Waals surface area contributed by atoms with E-state index < -0.39 is 11.9 Å². The summed E-state index contributed by atoms with van der Waals surface area (Å²) in [4.78, 5) is 0. The number of aliphatic hydroxyl groups is 1. The van der Waals surface area contributed by atoms with Gasteiger partial charge in [-0.3, -0.25) is 0 Å². The van der Waals surface area contributed by atoms with Crippen molar-refractivity contribution in [2.45, 2.75) is 51.0 Å². The minimum absolute atomic E-state index is 0.123. The zero-order chi connectivity index (χ0) is 15.2. The molecule has 1 fully saturated rings. The molecule has 0 radical (unpaired) electrons. The average Bonchev–Trinajstić information content (AvgIpc) is 2.46. The second kappa shape index (κ2) is 7.64. The van der Waals surface area contributed by atoms with E-state index in [9.17, 15) is 9.50 Å². The molecular formula is C17H25FO3. The Morgan fingerprint density at radius 3 is 2.10 bits per heavy atom. The molecule has 0 aliphatic heterocycles. The molecule has 1 aliphatic carbocycles. The van der Waals surface area contributed by atoms with Crippen molar-refractivity contribution in [3.05, 3.63) is 23.5 Å². The van der Waals surface area contributed by atoms with Gasteiger partial charge < -0.3 is 14.6 Å². The fourth-order valence-electron chi connectivity index (χ4n) is 3.15. The second-order valence-corrected chi connectivity index (χ2v) is 5.78. The van der Waals surface area contributed by atoms with Gasteiger partial charge in [0.05, 0.1) is 20.3 Å². The third-order valence-electron chi connectivity index (χ3n) is 4.42. The Morgan fingerprint density at radius 1 is 1.00 bits per heavy atom. The molecule has 1 N–H and O–H groups in total. The summed E-state index contributed by atoms with van der Waals surface area (Å²) in [5.74, 6) is 0.502. The summed E-state index contributed by atoms with van der Waals surface area (Å²) < 4.78 is 24.5. The maximum Gasteiger partial charge on any atom is 0.163 e. The van der Waals surface area contributed by atoms with Crippen LogP contribution >= 0.6 is 0 Å². The normalized spacial score (nSPS) is 18.7. The Morgan fingerprint density at radius 2 is 1.52 bits per heavy atom. The Hall–Kier alpha value is -1.29. The van der Waals surface area contributed by atoms with Crippen molar-refractivity contribution < 1.29 is 19.0 Å². The molecule has 0 heterocycles. The predicted molar refractivity (Wildman–Crippen MR) is 80.3 cm³/mol. The van der Waals surface area contributed by atoms with Gasteiger partial charge in [-0.1, -0.05) is 32.1 Å². The molecule has 1 atom stereocenters. The van der Waals surface area contributed by atoms with Crippen molar-refractivity contribution in [1.29, 1.82) is 0 Å². The van der Waals surface area contributed by atoms with Crippen LogP contribution in [0.25, 0.3) is 0 Å². The van der Waals surface area contributed by atoms with Crippen LogP contribution in [0.4, 0.5) is 4.39 Å². The fourth-order valence-corrected chi connectivity index (χ4v) is 3.15. The largest absolute Gasteiger partial charge is 0.493 e. The van der Waals surface area contributed by atoms with E-state index in [0.717, 1.165) is 25.7 Å². The van der Waals surface area contributed by atoms with E-state index in [1.54, 1.807) is 6.07 Å². The summed E-state index contributed by atoms with van der Waals surface area (Å²) in [6.07, 6.45) is 7.03. The van der Waals surface area contributed by atoms with Crippen molar-refractivity contribution >= 4 is 0 Å². The van der Waals surface area contributed by atoms with Crippen LogP contribution in [0.5, 0.6) is 11.5 Å². The van der Waals surface area contributed by atoms with Gasteiger partial charge in [0.2, 0.25) is 0 Å². The van der Waals surface area contributed by atoms with Crippen LogP contribution in [0.2, 0.25) is 0 Å². The Bertz CT molecular complexity index is 454. The first kappa shape index (κ1) is 16.1. The molecule has 21 heavy (non-hydrogen) atoms. The molecule has 2 rings (SSSR count). The molecule has 1 aromatic carbocycles. The van der Waals surface area contributed by atoms with Gasteiger partial charge in [-0.05, 0) is 24.8 Å². The standard InChI is InChI=1S/C17H25FO3/c1-20-15-10-13(14(18)11-16(15)21-2)17(19)12-8-6-4-3-5-7-9-12/h10-12,17,19H,3-9H2,1-2H3. The molecule has 1 saturated carbocycles. The van der Waals surface area contributed by atoms with Gasteiger partial charge in [0.15, 0.2) is 11.5 Å². The SMILES string of the molecule is COc1cc(F)c(C(O)C2CCCCCCC2)cc1OC. The first-order valence-corrected chi connectivity index (χ1v) is 7.77. The van der Waals surface area contributed by atoms with Crippen LogP contribution in [0.3, 0.4) is 0 Å². The fraction of sp³-hybridized carbons (Fsp3) is 0.647. The van der Waals surface area contributed by atoms with Crippen LogP contribution in [0, 0.1) is 11.7 Å². The van der Waals surface area contributed by atoms with E-state index in [0.29, 0.717) is 17.1 Å². The first-order chi connectivity index (χ1) is 10.2. The van der Waals surface area contributed by atoms with Gasteiger partial charge in [-0.25, -0.2) is 4.39 Å². The molecule has 0 spiro atoms. The quantitative estimate of drug-likeness (QED) is 0.903. The number of ether oxygens (including phenoxy) is 2. The summed E-state index contributed by atoms with van der Waals surface area (Å²) in [5.41, 5.74) is 0.318. The van der Waals surface area contributed by atoms with Gasteiger partial charge >= 0.3 is 0 Å². The Balaban J connectivity index is 2.22. The zero-order valence-electron chi connectivity index (χ0n) is 12.9. The number of halogens is 1. The molecule has 3 nitrogen and oxygen atoms in total. The molecule has 1 unspecified atom stereocenters. The molecule has 0 saturated heterocycles. The number of benzene rings is 1. The summed E-state index contributed by atoms with van der Waals surface area (Å²) in [7, 11) is 2.99. The van der Waals surface area contributed by atoms with Gasteiger partial charge in [-0.2, -0.15) is 0 Å². The van der Waals surface area contributed by atoms with E-state index in [4.69, 9.17) is 9.47 Å². The molecule has 0 bridgehead atoms. The number of hydrogen-bond acceptors (Lipinski definition) is 3. The van der Waals surface area contributed by atoms with Crippen molar-refractivity contribution in [2.75, 3.05) is 14.2 Å². The Kier molecular flexibility index (Phi) is 5.85. The lowest BCUT2D eigenvalue weighted by Crippen LogP contribution is -2.16. The summed E-state index contributed by atoms with van der Waals surface area (Å²) in [6.45, 7) is 0. The van der Waals surface area contributed by atoms with Crippen molar-refractivity contribution in [3.8, 4) is 11.5 Å². The lowest BCUT2D eigenvalue weighted by atomic mass is 9.84. The smallest absolute Gasteiger partial charge is 0.163 e. The van der Waals surface area contributed by atoms with Crippen LogP contribution in [-0.4, -0.2) is 19.3 Å². The maximum absolute atomic E-state index is 14.2.